The van der Waals surface area contributed by atoms with Crippen LogP contribution in [0.25, 0.3) is 6.08 Å². The van der Waals surface area contributed by atoms with E-state index in [4.69, 9.17) is 31.6 Å². The van der Waals surface area contributed by atoms with Gasteiger partial charge in [-0.3, -0.25) is 4.79 Å². The molecule has 1 aliphatic heterocycles. The maximum atomic E-state index is 12.0. The van der Waals surface area contributed by atoms with Crippen LogP contribution in [0.4, 0.5) is 0 Å². The number of carbonyl (C=O) groups is 2. The van der Waals surface area contributed by atoms with Crippen LogP contribution in [0.2, 0.25) is 0 Å². The summed E-state index contributed by atoms with van der Waals surface area (Å²) in [5, 5.41) is 13.9. The van der Waals surface area contributed by atoms with Crippen LogP contribution >= 0.6 is 12.2 Å². The molecule has 0 radical (unpaired) electrons. The molecule has 3 N–H and O–H groups in total. The number of rotatable bonds is 4. The molecule has 0 saturated heterocycles. The molecule has 2 rings (SSSR count). The van der Waals surface area contributed by atoms with E-state index < -0.39 is 11.9 Å². The quantitative estimate of drug-likeness (QED) is 0.541. The molecule has 1 aromatic carbocycles. The van der Waals surface area contributed by atoms with Gasteiger partial charge in [0.2, 0.25) is 0 Å². The lowest BCUT2D eigenvalue weighted by molar-refractivity contribution is -0.136. The second-order valence-corrected chi connectivity index (χ2v) is 5.63. The first kappa shape index (κ1) is 21.2. The molecule has 1 aliphatic rings. The highest BCUT2D eigenvalue weighted by molar-refractivity contribution is 7.80. The number of carboxylic acid groups (broad SMARTS) is 1. The van der Waals surface area contributed by atoms with Gasteiger partial charge in [-0.1, -0.05) is 30.4 Å². The average molecular weight is 378 g/mol. The number of ether oxygens (including phenoxy) is 2. The van der Waals surface area contributed by atoms with Crippen molar-refractivity contribution in [3.05, 3.63) is 47.2 Å². The van der Waals surface area contributed by atoms with Gasteiger partial charge in [0, 0.05) is 18.2 Å². The summed E-state index contributed by atoms with van der Waals surface area (Å²) < 4.78 is 10.2. The van der Waals surface area contributed by atoms with Crippen LogP contribution < -0.4 is 15.4 Å². The van der Waals surface area contributed by atoms with Crippen molar-refractivity contribution in [3.63, 3.8) is 0 Å². The predicted octanol–water partition coefficient (Wildman–Crippen LogP) is 2.09. The average Bonchev–Trinajstić information content (AvgIpc) is 2.58. The Labute approximate surface area is 157 Å². The summed E-state index contributed by atoms with van der Waals surface area (Å²) in [6.07, 6.45) is 3.75. The molecule has 0 spiro atoms. The second-order valence-electron chi connectivity index (χ2n) is 5.23. The van der Waals surface area contributed by atoms with E-state index in [9.17, 15) is 4.79 Å². The molecule has 1 heterocycles. The summed E-state index contributed by atoms with van der Waals surface area (Å²) in [6.45, 7) is 2.88. The third kappa shape index (κ3) is 6.21. The third-order valence-corrected chi connectivity index (χ3v) is 3.54. The fourth-order valence-electron chi connectivity index (χ4n) is 2.26. The van der Waals surface area contributed by atoms with Crippen molar-refractivity contribution in [1.82, 2.24) is 10.6 Å². The molecule has 7 nitrogen and oxygen atoms in total. The summed E-state index contributed by atoms with van der Waals surface area (Å²) in [5.74, 6) is -0.467. The lowest BCUT2D eigenvalue weighted by Crippen LogP contribution is -2.48. The highest BCUT2D eigenvalue weighted by Gasteiger charge is 2.27. The molecular formula is C18H22N2O5S. The fraction of sp³-hybridized carbons (Fsp3) is 0.278. The Kier molecular flexibility index (Phi) is 8.30. The summed E-state index contributed by atoms with van der Waals surface area (Å²) in [7, 11) is 2.98. The number of thiocarbonyl (C=S) groups is 1. The largest absolute Gasteiger partial charge is 0.496 e. The molecule has 1 atom stereocenters. The van der Waals surface area contributed by atoms with Crippen molar-refractivity contribution >= 4 is 35.3 Å². The number of hydrogen-bond donors (Lipinski definition) is 3. The summed E-state index contributed by atoms with van der Waals surface area (Å²) in [4.78, 5) is 21.0. The van der Waals surface area contributed by atoms with Gasteiger partial charge in [-0.25, -0.2) is 4.79 Å². The van der Waals surface area contributed by atoms with E-state index in [1.54, 1.807) is 14.0 Å². The Balaban J connectivity index is 0.000000765. The predicted molar refractivity (Wildman–Crippen MR) is 103 cm³/mol. The van der Waals surface area contributed by atoms with Gasteiger partial charge in [0.1, 0.15) is 5.75 Å². The lowest BCUT2D eigenvalue weighted by Gasteiger charge is -2.27. The van der Waals surface area contributed by atoms with Crippen LogP contribution in [0.5, 0.6) is 5.75 Å². The lowest BCUT2D eigenvalue weighted by atomic mass is 10.0. The standard InChI is InChI=1S/C16H18N2O3S.C2H4O2/c1-10-14(15(19)21-3)12(18-16(22)17-10)9-8-11-6-4-5-7-13(11)20-2;1-2(3)4/h4-9,12H,1-3H3,(H2,17,18,22);1H3,(H,3,4)/b9-8+;. The van der Waals surface area contributed by atoms with Gasteiger partial charge >= 0.3 is 5.97 Å². The van der Waals surface area contributed by atoms with Gasteiger partial charge in [0.25, 0.3) is 5.97 Å². The van der Waals surface area contributed by atoms with Crippen LogP contribution in [0.1, 0.15) is 19.4 Å². The second kappa shape index (κ2) is 10.2. The van der Waals surface area contributed by atoms with Crippen LogP contribution in [0.15, 0.2) is 41.6 Å². The minimum absolute atomic E-state index is 0.355. The Morgan fingerprint density at radius 2 is 1.88 bits per heavy atom. The number of hydrogen-bond acceptors (Lipinski definition) is 5. The normalized spacial score (nSPS) is 16.2. The monoisotopic (exact) mass is 378 g/mol. The molecule has 0 aliphatic carbocycles. The van der Waals surface area contributed by atoms with E-state index in [2.05, 4.69) is 10.6 Å². The van der Waals surface area contributed by atoms with E-state index in [1.165, 1.54) is 7.11 Å². The van der Waals surface area contributed by atoms with Crippen molar-refractivity contribution in [2.75, 3.05) is 14.2 Å². The smallest absolute Gasteiger partial charge is 0.337 e. The van der Waals surface area contributed by atoms with Crippen molar-refractivity contribution in [3.8, 4) is 5.75 Å². The van der Waals surface area contributed by atoms with Gasteiger partial charge < -0.3 is 25.2 Å². The number of allylic oxidation sites excluding steroid dienone is 1. The molecule has 1 aromatic rings. The molecule has 1 unspecified atom stereocenters. The van der Waals surface area contributed by atoms with Crippen molar-refractivity contribution in [2.45, 2.75) is 19.9 Å². The minimum Gasteiger partial charge on any atom is -0.496 e. The number of methoxy groups -OCH3 is 2. The Bertz CT molecular complexity index is 739. The molecule has 8 heteroatoms. The molecular weight excluding hydrogens is 356 g/mol. The number of nitrogens with one attached hydrogen (secondary N) is 2. The van der Waals surface area contributed by atoms with E-state index in [0.717, 1.165) is 18.2 Å². The topological polar surface area (TPSA) is 96.9 Å². The summed E-state index contributed by atoms with van der Waals surface area (Å²) in [6, 6.07) is 7.28. The van der Waals surface area contributed by atoms with Crippen molar-refractivity contribution in [1.29, 1.82) is 0 Å². The maximum absolute atomic E-state index is 12.0. The van der Waals surface area contributed by atoms with Crippen LogP contribution in [0, 0.1) is 0 Å². The minimum atomic E-state index is -0.833. The van der Waals surface area contributed by atoms with Gasteiger partial charge in [0.05, 0.1) is 25.8 Å². The first-order valence-corrected chi connectivity index (χ1v) is 8.08. The number of aliphatic carboxylic acids is 1. The zero-order chi connectivity index (χ0) is 19.7. The Hall–Kier alpha value is -2.87. The van der Waals surface area contributed by atoms with Crippen molar-refractivity contribution < 1.29 is 24.2 Å². The van der Waals surface area contributed by atoms with E-state index >= 15 is 0 Å². The fourth-order valence-corrected chi connectivity index (χ4v) is 2.54. The number of para-hydroxylation sites is 1. The molecule has 26 heavy (non-hydrogen) atoms. The van der Waals surface area contributed by atoms with Crippen LogP contribution in [-0.4, -0.2) is 42.4 Å². The van der Waals surface area contributed by atoms with Crippen LogP contribution in [-0.2, 0) is 14.3 Å². The summed E-state index contributed by atoms with van der Waals surface area (Å²) >= 11 is 5.15. The van der Waals surface area contributed by atoms with Gasteiger partial charge in [-0.05, 0) is 25.2 Å². The highest BCUT2D eigenvalue weighted by atomic mass is 32.1. The summed E-state index contributed by atoms with van der Waals surface area (Å²) in [5.41, 5.74) is 2.10. The number of carbonyl (C=O) groups excluding carboxylic acids is 1. The zero-order valence-electron chi connectivity index (χ0n) is 15.0. The number of benzene rings is 1. The molecule has 140 valence electrons. The molecule has 0 amide bonds. The molecule has 0 aromatic heterocycles. The first-order chi connectivity index (χ1) is 12.3. The first-order valence-electron chi connectivity index (χ1n) is 7.67. The molecule has 0 saturated carbocycles. The Morgan fingerprint density at radius 1 is 1.27 bits per heavy atom. The SMILES string of the molecule is CC(=O)O.COC(=O)C1=C(C)NC(=S)NC1/C=C/c1ccccc1OC. The van der Waals surface area contributed by atoms with E-state index in [0.29, 0.717) is 16.4 Å². The molecule has 0 fully saturated rings. The van der Waals surface area contributed by atoms with Gasteiger partial charge in [0.15, 0.2) is 5.11 Å². The zero-order valence-corrected chi connectivity index (χ0v) is 15.8. The number of carboxylic acids is 1. The highest BCUT2D eigenvalue weighted by Crippen LogP contribution is 2.21. The Morgan fingerprint density at radius 3 is 2.46 bits per heavy atom. The van der Waals surface area contributed by atoms with Gasteiger partial charge in [-0.2, -0.15) is 0 Å². The van der Waals surface area contributed by atoms with Gasteiger partial charge in [-0.15, -0.1) is 0 Å². The van der Waals surface area contributed by atoms with E-state index in [1.807, 2.05) is 36.4 Å². The number of esters is 1. The molecule has 0 bridgehead atoms. The van der Waals surface area contributed by atoms with E-state index in [-0.39, 0.29) is 6.04 Å². The van der Waals surface area contributed by atoms with Crippen molar-refractivity contribution in [2.24, 2.45) is 0 Å². The third-order valence-electron chi connectivity index (χ3n) is 3.32. The van der Waals surface area contributed by atoms with Crippen LogP contribution in [0.3, 0.4) is 0 Å². The maximum Gasteiger partial charge on any atom is 0.337 e.